The smallest absolute Gasteiger partial charge is 0.341 e. The first-order valence-corrected chi connectivity index (χ1v) is 10.7. The molecule has 1 aliphatic rings. The molecular weight excluding hydrogens is 481 g/mol. The van der Waals surface area contributed by atoms with Crippen LogP contribution in [0.4, 0.5) is 4.79 Å². The number of halogens is 2. The lowest BCUT2D eigenvalue weighted by Crippen LogP contribution is -2.32. The van der Waals surface area contributed by atoms with Gasteiger partial charge in [-0.25, -0.2) is 4.79 Å². The van der Waals surface area contributed by atoms with Gasteiger partial charge in [-0.2, -0.15) is 0 Å². The van der Waals surface area contributed by atoms with Gasteiger partial charge in [-0.15, -0.1) is 0 Å². The monoisotopic (exact) mass is 497 g/mol. The van der Waals surface area contributed by atoms with Crippen LogP contribution in [-0.2, 0) is 9.59 Å². The van der Waals surface area contributed by atoms with Crippen molar-refractivity contribution in [3.8, 4) is 17.2 Å². The van der Waals surface area contributed by atoms with Gasteiger partial charge in [0.1, 0.15) is 12.4 Å². The van der Waals surface area contributed by atoms with Crippen molar-refractivity contribution < 1.29 is 33.7 Å². The van der Waals surface area contributed by atoms with Crippen LogP contribution in [0.25, 0.3) is 6.08 Å². The highest BCUT2D eigenvalue weighted by Crippen LogP contribution is 2.39. The van der Waals surface area contributed by atoms with E-state index in [-0.39, 0.29) is 34.6 Å². The van der Waals surface area contributed by atoms with Crippen LogP contribution >= 0.6 is 35.0 Å². The Hall–Kier alpha value is -2.88. The minimum Gasteiger partial charge on any atom is -0.493 e. The fourth-order valence-electron chi connectivity index (χ4n) is 2.75. The number of carboxylic acids is 1. The topological polar surface area (TPSA) is 102 Å². The molecule has 1 heterocycles. The molecule has 3 rings (SSSR count). The summed E-state index contributed by atoms with van der Waals surface area (Å²) in [4.78, 5) is 37.0. The van der Waals surface area contributed by atoms with Crippen LogP contribution in [0.15, 0.2) is 41.3 Å². The quantitative estimate of drug-likeness (QED) is 0.502. The van der Waals surface area contributed by atoms with Crippen molar-refractivity contribution in [3.05, 3.63) is 56.9 Å². The number of amides is 2. The Kier molecular flexibility index (Phi) is 7.89. The van der Waals surface area contributed by atoms with Crippen LogP contribution in [0.5, 0.6) is 17.2 Å². The Labute approximate surface area is 197 Å². The molecule has 168 valence electrons. The van der Waals surface area contributed by atoms with Crippen molar-refractivity contribution in [3.63, 3.8) is 0 Å². The fourth-order valence-corrected chi connectivity index (χ4v) is 4.08. The molecule has 2 aromatic rings. The Morgan fingerprint density at radius 2 is 1.88 bits per heavy atom. The highest BCUT2D eigenvalue weighted by molar-refractivity contribution is 8.18. The third-order valence-electron chi connectivity index (χ3n) is 4.17. The highest BCUT2D eigenvalue weighted by atomic mass is 35.5. The number of benzene rings is 2. The van der Waals surface area contributed by atoms with Crippen molar-refractivity contribution in [2.24, 2.45) is 0 Å². The summed E-state index contributed by atoms with van der Waals surface area (Å²) in [6.07, 6.45) is 1.50. The number of aliphatic carboxylic acids is 1. The van der Waals surface area contributed by atoms with Crippen LogP contribution in [0.3, 0.4) is 0 Å². The van der Waals surface area contributed by atoms with Crippen molar-refractivity contribution in [1.29, 1.82) is 0 Å². The molecule has 0 aromatic heterocycles. The van der Waals surface area contributed by atoms with E-state index >= 15 is 0 Å². The van der Waals surface area contributed by atoms with Crippen LogP contribution in [0.2, 0.25) is 10.0 Å². The van der Waals surface area contributed by atoms with E-state index in [0.29, 0.717) is 16.3 Å². The summed E-state index contributed by atoms with van der Waals surface area (Å²) >= 11 is 13.0. The average molecular weight is 498 g/mol. The van der Waals surface area contributed by atoms with Gasteiger partial charge >= 0.3 is 5.97 Å². The van der Waals surface area contributed by atoms with Crippen molar-refractivity contribution in [1.82, 2.24) is 4.90 Å². The minimum absolute atomic E-state index is 0.0548. The van der Waals surface area contributed by atoms with E-state index in [2.05, 4.69) is 0 Å². The van der Waals surface area contributed by atoms with Gasteiger partial charge in [0.2, 0.25) is 0 Å². The molecule has 1 N–H and O–H groups in total. The standard InChI is InChI=1S/C21H17Cl2NO7S/c1-29-16-9-12(8-14(23)19(16)31-11-18(25)26)10-17-20(27)24(21(28)32-17)6-7-30-15-5-3-2-4-13(15)22/h2-5,8-10H,6-7,11H2,1H3,(H,25,26)/b17-10-. The SMILES string of the molecule is COc1cc(/C=C2\SC(=O)N(CCOc3ccccc3Cl)C2=O)cc(Cl)c1OCC(=O)O. The number of hydrogen-bond donors (Lipinski definition) is 1. The lowest BCUT2D eigenvalue weighted by atomic mass is 10.1. The van der Waals surface area contributed by atoms with Gasteiger partial charge in [-0.1, -0.05) is 35.3 Å². The normalized spacial score (nSPS) is 14.7. The van der Waals surface area contributed by atoms with Crippen molar-refractivity contribution >= 4 is 58.2 Å². The van der Waals surface area contributed by atoms with Gasteiger partial charge < -0.3 is 19.3 Å². The average Bonchev–Trinajstić information content (AvgIpc) is 3.01. The first-order valence-electron chi connectivity index (χ1n) is 9.15. The van der Waals surface area contributed by atoms with Crippen LogP contribution in [0, 0.1) is 0 Å². The van der Waals surface area contributed by atoms with Crippen molar-refractivity contribution in [2.75, 3.05) is 26.9 Å². The Morgan fingerprint density at radius 1 is 1.12 bits per heavy atom. The number of imide groups is 1. The number of methoxy groups -OCH3 is 1. The zero-order valence-electron chi connectivity index (χ0n) is 16.7. The largest absolute Gasteiger partial charge is 0.493 e. The van der Waals surface area contributed by atoms with E-state index in [1.807, 2.05) is 0 Å². The Bertz CT molecular complexity index is 1090. The molecule has 0 spiro atoms. The number of carbonyl (C=O) groups excluding carboxylic acids is 2. The number of thioether (sulfide) groups is 1. The summed E-state index contributed by atoms with van der Waals surface area (Å²) in [7, 11) is 1.37. The van der Waals surface area contributed by atoms with Crippen LogP contribution in [-0.4, -0.2) is 54.0 Å². The van der Waals surface area contributed by atoms with Gasteiger partial charge in [-0.05, 0) is 47.7 Å². The summed E-state index contributed by atoms with van der Waals surface area (Å²) in [6.45, 7) is -0.450. The summed E-state index contributed by atoms with van der Waals surface area (Å²) in [5, 5.41) is 8.89. The van der Waals surface area contributed by atoms with E-state index in [4.69, 9.17) is 42.5 Å². The van der Waals surface area contributed by atoms with E-state index in [9.17, 15) is 14.4 Å². The molecule has 1 fully saturated rings. The molecule has 2 amide bonds. The molecule has 11 heteroatoms. The summed E-state index contributed by atoms with van der Waals surface area (Å²) in [5.74, 6) is -0.914. The second-order valence-corrected chi connectivity index (χ2v) is 8.14. The van der Waals surface area contributed by atoms with Gasteiger partial charge in [0.05, 0.1) is 28.6 Å². The van der Waals surface area contributed by atoms with E-state index in [0.717, 1.165) is 16.7 Å². The minimum atomic E-state index is -1.17. The second kappa shape index (κ2) is 10.6. The zero-order valence-corrected chi connectivity index (χ0v) is 19.0. The molecule has 2 aromatic carbocycles. The first kappa shape index (κ1) is 23.8. The lowest BCUT2D eigenvalue weighted by molar-refractivity contribution is -0.139. The fraction of sp³-hybridized carbons (Fsp3) is 0.190. The molecular formula is C21H17Cl2NO7S. The van der Waals surface area contributed by atoms with Crippen LogP contribution < -0.4 is 14.2 Å². The van der Waals surface area contributed by atoms with Crippen molar-refractivity contribution in [2.45, 2.75) is 0 Å². The number of hydrogen-bond acceptors (Lipinski definition) is 7. The number of rotatable bonds is 9. The third-order valence-corrected chi connectivity index (χ3v) is 5.67. The van der Waals surface area contributed by atoms with E-state index in [1.54, 1.807) is 24.3 Å². The molecule has 32 heavy (non-hydrogen) atoms. The molecule has 0 unspecified atom stereocenters. The van der Waals surface area contributed by atoms with E-state index < -0.39 is 23.7 Å². The lowest BCUT2D eigenvalue weighted by Gasteiger charge is -2.14. The predicted octanol–water partition coefficient (Wildman–Crippen LogP) is 4.58. The van der Waals surface area contributed by atoms with Gasteiger partial charge in [-0.3, -0.25) is 14.5 Å². The summed E-state index contributed by atoms with van der Waals surface area (Å²) in [6, 6.07) is 9.91. The predicted molar refractivity (Wildman–Crippen MR) is 121 cm³/mol. The maximum absolute atomic E-state index is 12.7. The van der Waals surface area contributed by atoms with E-state index in [1.165, 1.54) is 25.3 Å². The molecule has 0 atom stereocenters. The number of nitrogens with zero attached hydrogens (tertiary/aromatic N) is 1. The van der Waals surface area contributed by atoms with Gasteiger partial charge in [0, 0.05) is 0 Å². The molecule has 1 aliphatic heterocycles. The van der Waals surface area contributed by atoms with Gasteiger partial charge in [0.25, 0.3) is 11.1 Å². The maximum Gasteiger partial charge on any atom is 0.341 e. The first-order chi connectivity index (χ1) is 15.3. The Balaban J connectivity index is 1.71. The second-order valence-electron chi connectivity index (χ2n) is 6.33. The molecule has 0 radical (unpaired) electrons. The number of carbonyl (C=O) groups is 3. The third kappa shape index (κ3) is 5.67. The van der Waals surface area contributed by atoms with Crippen LogP contribution in [0.1, 0.15) is 5.56 Å². The molecule has 0 bridgehead atoms. The molecule has 0 saturated carbocycles. The summed E-state index contributed by atoms with van der Waals surface area (Å²) < 4.78 is 15.9. The molecule has 0 aliphatic carbocycles. The zero-order chi connectivity index (χ0) is 23.3. The Morgan fingerprint density at radius 3 is 2.56 bits per heavy atom. The molecule has 1 saturated heterocycles. The summed E-state index contributed by atoms with van der Waals surface area (Å²) in [5.41, 5.74) is 0.479. The number of carboxylic acid groups (broad SMARTS) is 1. The number of ether oxygens (including phenoxy) is 3. The maximum atomic E-state index is 12.7. The number of para-hydroxylation sites is 1. The van der Waals surface area contributed by atoms with Gasteiger partial charge in [0.15, 0.2) is 18.1 Å². The highest BCUT2D eigenvalue weighted by Gasteiger charge is 2.35. The molecule has 8 nitrogen and oxygen atoms in total.